The molecule has 0 aromatic heterocycles. The Morgan fingerprint density at radius 1 is 1.41 bits per heavy atom. The highest BCUT2D eigenvalue weighted by Crippen LogP contribution is 2.34. The summed E-state index contributed by atoms with van der Waals surface area (Å²) in [4.78, 5) is 0. The van der Waals surface area contributed by atoms with Gasteiger partial charge in [-0.25, -0.2) is 4.39 Å². The lowest BCUT2D eigenvalue weighted by Gasteiger charge is -2.07. The maximum Gasteiger partial charge on any atom is 0.123 e. The zero-order chi connectivity index (χ0) is 11.5. The van der Waals surface area contributed by atoms with Gasteiger partial charge in [0.1, 0.15) is 5.82 Å². The van der Waals surface area contributed by atoms with E-state index in [4.69, 9.17) is 0 Å². The zero-order valence-electron chi connectivity index (χ0n) is 10.5. The van der Waals surface area contributed by atoms with Gasteiger partial charge in [0, 0.05) is 12.6 Å². The first-order valence-electron chi connectivity index (χ1n) is 6.19. The van der Waals surface area contributed by atoms with Crippen molar-refractivity contribution in [2.24, 2.45) is 5.92 Å². The molecular weight excluding hydrogens is 237 g/mol. The number of nitrogens with one attached hydrogen (secondary N) is 1. The van der Waals surface area contributed by atoms with E-state index in [-0.39, 0.29) is 18.2 Å². The highest BCUT2D eigenvalue weighted by atomic mass is 35.5. The predicted molar refractivity (Wildman–Crippen MR) is 72.0 cm³/mol. The third-order valence-electron chi connectivity index (χ3n) is 3.44. The second-order valence-electron chi connectivity index (χ2n) is 4.84. The van der Waals surface area contributed by atoms with E-state index in [0.29, 0.717) is 6.04 Å². The molecule has 2 atom stereocenters. The van der Waals surface area contributed by atoms with Gasteiger partial charge in [0.15, 0.2) is 0 Å². The summed E-state index contributed by atoms with van der Waals surface area (Å²) >= 11 is 0. The minimum Gasteiger partial charge on any atom is -0.310 e. The van der Waals surface area contributed by atoms with E-state index >= 15 is 0 Å². The molecule has 0 bridgehead atoms. The maximum absolute atomic E-state index is 12.9. The molecule has 1 nitrogen and oxygen atoms in total. The number of hydrogen-bond acceptors (Lipinski definition) is 1. The highest BCUT2D eigenvalue weighted by molar-refractivity contribution is 5.85. The summed E-state index contributed by atoms with van der Waals surface area (Å²) in [7, 11) is 0. The Morgan fingerprint density at radius 3 is 2.82 bits per heavy atom. The minimum absolute atomic E-state index is 0. The molecule has 1 aliphatic rings. The third-order valence-corrected chi connectivity index (χ3v) is 3.44. The smallest absolute Gasteiger partial charge is 0.123 e. The lowest BCUT2D eigenvalue weighted by atomic mass is 10.1. The van der Waals surface area contributed by atoms with Crippen molar-refractivity contribution in [1.82, 2.24) is 5.32 Å². The normalized spacial score (nSPS) is 22.1. The van der Waals surface area contributed by atoms with Gasteiger partial charge in [-0.2, -0.15) is 0 Å². The zero-order valence-corrected chi connectivity index (χ0v) is 11.3. The molecule has 3 heteroatoms. The van der Waals surface area contributed by atoms with Crippen LogP contribution in [0.5, 0.6) is 0 Å². The van der Waals surface area contributed by atoms with Crippen molar-refractivity contribution in [2.75, 3.05) is 0 Å². The van der Waals surface area contributed by atoms with E-state index in [1.54, 1.807) is 12.1 Å². The Hall–Kier alpha value is -0.600. The fourth-order valence-electron chi connectivity index (χ4n) is 2.29. The second-order valence-corrected chi connectivity index (χ2v) is 4.84. The van der Waals surface area contributed by atoms with Gasteiger partial charge in [0.2, 0.25) is 0 Å². The fraction of sp³-hybridized carbons (Fsp3) is 0.571. The van der Waals surface area contributed by atoms with Crippen LogP contribution in [0.4, 0.5) is 4.39 Å². The Kier molecular flexibility index (Phi) is 5.41. The summed E-state index contributed by atoms with van der Waals surface area (Å²) in [6.07, 6.45) is 3.92. The number of halogens is 2. The molecule has 1 aromatic carbocycles. The number of rotatable bonds is 5. The van der Waals surface area contributed by atoms with E-state index in [1.807, 2.05) is 13.0 Å². The van der Waals surface area contributed by atoms with E-state index in [1.165, 1.54) is 24.8 Å². The molecule has 1 aromatic rings. The summed E-state index contributed by atoms with van der Waals surface area (Å²) in [5.41, 5.74) is 2.25. The molecule has 1 saturated carbocycles. The van der Waals surface area contributed by atoms with Crippen LogP contribution in [-0.4, -0.2) is 6.04 Å². The Bertz CT molecular complexity index is 367. The van der Waals surface area contributed by atoms with Crippen molar-refractivity contribution in [2.45, 2.75) is 45.7 Å². The van der Waals surface area contributed by atoms with Crippen molar-refractivity contribution in [3.63, 3.8) is 0 Å². The van der Waals surface area contributed by atoms with Crippen molar-refractivity contribution in [3.05, 3.63) is 35.1 Å². The van der Waals surface area contributed by atoms with E-state index < -0.39 is 0 Å². The van der Waals surface area contributed by atoms with Crippen LogP contribution in [-0.2, 0) is 6.54 Å². The van der Waals surface area contributed by atoms with Crippen LogP contribution in [0.1, 0.15) is 37.3 Å². The summed E-state index contributed by atoms with van der Waals surface area (Å²) in [5.74, 6) is 0.738. The number of benzene rings is 1. The first-order valence-corrected chi connectivity index (χ1v) is 6.19. The van der Waals surface area contributed by atoms with Crippen LogP contribution in [0, 0.1) is 18.7 Å². The quantitative estimate of drug-likeness (QED) is 0.845. The van der Waals surface area contributed by atoms with Crippen molar-refractivity contribution < 1.29 is 4.39 Å². The third kappa shape index (κ3) is 3.97. The Balaban J connectivity index is 0.00000144. The lowest BCUT2D eigenvalue weighted by molar-refractivity contribution is 0.595. The molecular formula is C14H21ClFN. The molecule has 0 spiro atoms. The van der Waals surface area contributed by atoms with Crippen LogP contribution in [0.2, 0.25) is 0 Å². The highest BCUT2D eigenvalue weighted by Gasteiger charge is 2.35. The molecule has 0 radical (unpaired) electrons. The molecule has 0 heterocycles. The van der Waals surface area contributed by atoms with Gasteiger partial charge in [0.05, 0.1) is 0 Å². The van der Waals surface area contributed by atoms with Crippen molar-refractivity contribution in [3.8, 4) is 0 Å². The summed E-state index contributed by atoms with van der Waals surface area (Å²) in [6, 6.07) is 5.73. The van der Waals surface area contributed by atoms with Gasteiger partial charge in [-0.05, 0) is 48.9 Å². The van der Waals surface area contributed by atoms with E-state index in [2.05, 4.69) is 12.2 Å². The van der Waals surface area contributed by atoms with Gasteiger partial charge in [0.25, 0.3) is 0 Å². The molecule has 1 fully saturated rings. The van der Waals surface area contributed by atoms with Crippen LogP contribution in [0.15, 0.2) is 18.2 Å². The summed E-state index contributed by atoms with van der Waals surface area (Å²) in [6.45, 7) is 5.08. The molecule has 0 aliphatic heterocycles. The second kappa shape index (κ2) is 6.36. The molecule has 2 unspecified atom stereocenters. The van der Waals surface area contributed by atoms with Gasteiger partial charge in [-0.15, -0.1) is 12.4 Å². The molecule has 96 valence electrons. The molecule has 17 heavy (non-hydrogen) atoms. The Morgan fingerprint density at radius 2 is 2.18 bits per heavy atom. The van der Waals surface area contributed by atoms with Gasteiger partial charge in [-0.3, -0.25) is 0 Å². The fourth-order valence-corrected chi connectivity index (χ4v) is 2.29. The molecule has 0 amide bonds. The van der Waals surface area contributed by atoms with Gasteiger partial charge < -0.3 is 5.32 Å². The minimum atomic E-state index is -0.142. The summed E-state index contributed by atoms with van der Waals surface area (Å²) < 4.78 is 12.9. The van der Waals surface area contributed by atoms with E-state index in [0.717, 1.165) is 18.0 Å². The molecule has 2 rings (SSSR count). The van der Waals surface area contributed by atoms with Crippen LogP contribution in [0.3, 0.4) is 0 Å². The van der Waals surface area contributed by atoms with Gasteiger partial charge in [-0.1, -0.05) is 19.4 Å². The number of aryl methyl sites for hydroxylation is 1. The lowest BCUT2D eigenvalue weighted by Crippen LogP contribution is -2.18. The molecule has 1 aliphatic carbocycles. The average molecular weight is 258 g/mol. The maximum atomic E-state index is 12.9. The van der Waals surface area contributed by atoms with Crippen LogP contribution >= 0.6 is 12.4 Å². The Labute approximate surface area is 109 Å². The van der Waals surface area contributed by atoms with Crippen molar-refractivity contribution >= 4 is 12.4 Å². The monoisotopic (exact) mass is 257 g/mol. The van der Waals surface area contributed by atoms with Crippen LogP contribution in [0.25, 0.3) is 0 Å². The first-order chi connectivity index (χ1) is 7.70. The molecule has 1 N–H and O–H groups in total. The molecule has 0 saturated heterocycles. The predicted octanol–water partition coefficient (Wildman–Crippen LogP) is 3.83. The largest absolute Gasteiger partial charge is 0.310 e. The summed E-state index contributed by atoms with van der Waals surface area (Å²) in [5, 5.41) is 3.55. The topological polar surface area (TPSA) is 12.0 Å². The van der Waals surface area contributed by atoms with Crippen LogP contribution < -0.4 is 5.32 Å². The SMILES string of the molecule is CCCC1CC1NCc1ccc(F)cc1C.Cl. The number of hydrogen-bond donors (Lipinski definition) is 1. The standard InChI is InChI=1S/C14H20FN.ClH/c1-3-4-11-8-14(11)16-9-12-5-6-13(15)7-10(12)2;/h5-7,11,14,16H,3-4,8-9H2,1-2H3;1H. The first kappa shape index (κ1) is 14.5. The van der Waals surface area contributed by atoms with Gasteiger partial charge >= 0.3 is 0 Å². The van der Waals surface area contributed by atoms with Crippen molar-refractivity contribution in [1.29, 1.82) is 0 Å². The average Bonchev–Trinajstić information content (AvgIpc) is 2.96. The van der Waals surface area contributed by atoms with E-state index in [9.17, 15) is 4.39 Å².